The predicted octanol–water partition coefficient (Wildman–Crippen LogP) is 1.88. The number of aliphatic imine (C=N–C) groups is 1. The number of aryl methyl sites for hydroxylation is 1. The Morgan fingerprint density at radius 3 is 2.62 bits per heavy atom. The van der Waals surface area contributed by atoms with Crippen LogP contribution in [0.3, 0.4) is 0 Å². The van der Waals surface area contributed by atoms with Gasteiger partial charge in [0.15, 0.2) is 10.8 Å². The van der Waals surface area contributed by atoms with Crippen molar-refractivity contribution >= 4 is 43.8 Å². The zero-order chi connectivity index (χ0) is 18.9. The van der Waals surface area contributed by atoms with Crippen molar-refractivity contribution in [2.75, 3.05) is 5.32 Å². The zero-order valence-corrected chi connectivity index (χ0v) is 16.0. The summed E-state index contributed by atoms with van der Waals surface area (Å²) >= 11 is 3.31. The Morgan fingerprint density at radius 1 is 1.35 bits per heavy atom. The first-order valence-corrected chi connectivity index (χ1v) is 9.88. The number of sulfonamides is 1. The number of hydrogen-bond acceptors (Lipinski definition) is 6. The first-order valence-electron chi connectivity index (χ1n) is 7.48. The van der Waals surface area contributed by atoms with Crippen LogP contribution >= 0.6 is 15.9 Å². The van der Waals surface area contributed by atoms with Crippen LogP contribution in [0.15, 0.2) is 56.5 Å². The molecule has 0 fully saturated rings. The molecule has 0 aliphatic carbocycles. The third-order valence-corrected chi connectivity index (χ3v) is 6.01. The maximum absolute atomic E-state index is 13.2. The molecule has 2 unspecified atom stereocenters. The minimum absolute atomic E-state index is 0.0792. The van der Waals surface area contributed by atoms with Gasteiger partial charge < -0.3 is 9.84 Å². The fourth-order valence-electron chi connectivity index (χ4n) is 2.73. The summed E-state index contributed by atoms with van der Waals surface area (Å²) in [5.74, 6) is -0.257. The van der Waals surface area contributed by atoms with Crippen molar-refractivity contribution in [2.45, 2.75) is 17.7 Å². The van der Waals surface area contributed by atoms with Crippen LogP contribution in [0.5, 0.6) is 0 Å². The molecule has 0 radical (unpaired) electrons. The standard InChI is InChI=1S/C16H15BrN4O4S/c1-10-12(17)13(21-25-10)16(8-5-9-19-15(16)26(18,23)24)14(22)20-11-6-3-2-4-7-11/h2-9,15H,1H3,(H,20,22)(H2,18,23,24). The van der Waals surface area contributed by atoms with Crippen molar-refractivity contribution in [3.8, 4) is 0 Å². The van der Waals surface area contributed by atoms with Crippen LogP contribution in [0.2, 0.25) is 0 Å². The molecule has 0 bridgehead atoms. The lowest BCUT2D eigenvalue weighted by Gasteiger charge is -2.33. The van der Waals surface area contributed by atoms with Gasteiger partial charge in [-0.2, -0.15) is 0 Å². The zero-order valence-electron chi connectivity index (χ0n) is 13.6. The highest BCUT2D eigenvalue weighted by Crippen LogP contribution is 2.40. The maximum Gasteiger partial charge on any atom is 0.244 e. The molecule has 1 aromatic heterocycles. The number of primary sulfonamides is 1. The average molecular weight is 439 g/mol. The Hall–Kier alpha value is -2.30. The highest BCUT2D eigenvalue weighted by atomic mass is 79.9. The highest BCUT2D eigenvalue weighted by molar-refractivity contribution is 9.10. The molecule has 1 aliphatic rings. The number of allylic oxidation sites excluding steroid dienone is 1. The molecule has 2 aromatic rings. The minimum Gasteiger partial charge on any atom is -0.360 e. The van der Waals surface area contributed by atoms with E-state index >= 15 is 0 Å². The van der Waals surface area contributed by atoms with Gasteiger partial charge in [-0.3, -0.25) is 9.79 Å². The van der Waals surface area contributed by atoms with Gasteiger partial charge in [-0.1, -0.05) is 29.4 Å². The molecule has 26 heavy (non-hydrogen) atoms. The fraction of sp³-hybridized carbons (Fsp3) is 0.188. The largest absolute Gasteiger partial charge is 0.360 e. The van der Waals surface area contributed by atoms with Crippen molar-refractivity contribution < 1.29 is 17.7 Å². The van der Waals surface area contributed by atoms with Gasteiger partial charge in [-0.25, -0.2) is 13.6 Å². The predicted molar refractivity (Wildman–Crippen MR) is 100 cm³/mol. The average Bonchev–Trinajstić information content (AvgIpc) is 2.94. The lowest BCUT2D eigenvalue weighted by molar-refractivity contribution is -0.120. The van der Waals surface area contributed by atoms with E-state index in [1.807, 2.05) is 0 Å². The van der Waals surface area contributed by atoms with Crippen molar-refractivity contribution in [3.05, 3.63) is 58.4 Å². The molecule has 1 aromatic carbocycles. The van der Waals surface area contributed by atoms with Gasteiger partial charge in [-0.05, 0) is 41.1 Å². The summed E-state index contributed by atoms with van der Waals surface area (Å²) in [5.41, 5.74) is -1.23. The number of dihydropyridines is 1. The van der Waals surface area contributed by atoms with Crippen molar-refractivity contribution in [1.29, 1.82) is 0 Å². The molecule has 2 atom stereocenters. The third-order valence-electron chi connectivity index (χ3n) is 3.96. The molecule has 3 rings (SSSR count). The van der Waals surface area contributed by atoms with Gasteiger partial charge in [-0.15, -0.1) is 0 Å². The first-order chi connectivity index (χ1) is 12.3. The van der Waals surface area contributed by atoms with E-state index in [9.17, 15) is 13.2 Å². The second kappa shape index (κ2) is 6.78. The van der Waals surface area contributed by atoms with Crippen LogP contribution in [0.1, 0.15) is 11.5 Å². The second-order valence-electron chi connectivity index (χ2n) is 5.69. The minimum atomic E-state index is -4.24. The number of carbonyl (C=O) groups is 1. The Bertz CT molecular complexity index is 1000. The van der Waals surface area contributed by atoms with Gasteiger partial charge in [0, 0.05) is 11.9 Å². The normalized spacial score (nSPS) is 22.3. The molecule has 8 nitrogen and oxygen atoms in total. The number of rotatable bonds is 4. The van der Waals surface area contributed by atoms with Gasteiger partial charge >= 0.3 is 0 Å². The Kier molecular flexibility index (Phi) is 4.82. The fourth-order valence-corrected chi connectivity index (χ4v) is 4.26. The molecule has 1 aliphatic heterocycles. The van der Waals surface area contributed by atoms with Gasteiger partial charge in [0.1, 0.15) is 11.5 Å². The van der Waals surface area contributed by atoms with E-state index in [1.165, 1.54) is 18.4 Å². The van der Waals surface area contributed by atoms with Crippen LogP contribution in [0.4, 0.5) is 5.69 Å². The smallest absolute Gasteiger partial charge is 0.244 e. The molecule has 0 spiro atoms. The monoisotopic (exact) mass is 438 g/mol. The third kappa shape index (κ3) is 3.11. The maximum atomic E-state index is 13.2. The summed E-state index contributed by atoms with van der Waals surface area (Å²) in [6, 6.07) is 8.63. The van der Waals surface area contributed by atoms with Gasteiger partial charge in [0.2, 0.25) is 15.9 Å². The number of nitrogens with one attached hydrogen (secondary N) is 1. The quantitative estimate of drug-likeness (QED) is 0.752. The number of para-hydroxylation sites is 1. The lowest BCUT2D eigenvalue weighted by atomic mass is 9.81. The first kappa shape index (κ1) is 18.5. The number of halogens is 1. The molecule has 1 amide bonds. The summed E-state index contributed by atoms with van der Waals surface area (Å²) < 4.78 is 30.0. The van der Waals surface area contributed by atoms with E-state index in [0.717, 1.165) is 0 Å². The van der Waals surface area contributed by atoms with Gasteiger partial charge in [0.05, 0.1) is 4.47 Å². The molecule has 10 heteroatoms. The number of hydrogen-bond donors (Lipinski definition) is 2. The highest BCUT2D eigenvalue weighted by Gasteiger charge is 2.55. The summed E-state index contributed by atoms with van der Waals surface area (Å²) in [6.07, 6.45) is 4.17. The van der Waals surface area contributed by atoms with E-state index < -0.39 is 26.7 Å². The molecular formula is C16H15BrN4O4S. The van der Waals surface area contributed by atoms with E-state index in [1.54, 1.807) is 37.3 Å². The SMILES string of the molecule is Cc1onc(C2(C(=O)Nc3ccccc3)C=CC=NC2S(N)(=O)=O)c1Br. The lowest BCUT2D eigenvalue weighted by Crippen LogP contribution is -2.54. The van der Waals surface area contributed by atoms with Crippen molar-refractivity contribution in [2.24, 2.45) is 10.1 Å². The molecule has 0 saturated carbocycles. The molecular weight excluding hydrogens is 424 g/mol. The van der Waals surface area contributed by atoms with E-state index in [4.69, 9.17) is 9.66 Å². The number of nitrogens with two attached hydrogens (primary N) is 1. The van der Waals surface area contributed by atoms with Crippen LogP contribution < -0.4 is 10.5 Å². The summed E-state index contributed by atoms with van der Waals surface area (Å²) in [6.45, 7) is 1.63. The van der Waals surface area contributed by atoms with Crippen LogP contribution in [0, 0.1) is 6.92 Å². The molecule has 136 valence electrons. The van der Waals surface area contributed by atoms with E-state index in [2.05, 4.69) is 31.4 Å². The summed E-state index contributed by atoms with van der Waals surface area (Å²) in [4.78, 5) is 17.2. The van der Waals surface area contributed by atoms with E-state index in [-0.39, 0.29) is 5.69 Å². The Balaban J connectivity index is 2.19. The number of carbonyl (C=O) groups excluding carboxylic acids is 1. The van der Waals surface area contributed by atoms with E-state index in [0.29, 0.717) is 15.9 Å². The number of anilines is 1. The van der Waals surface area contributed by atoms with Crippen LogP contribution in [0.25, 0.3) is 0 Å². The summed E-state index contributed by atoms with van der Waals surface area (Å²) in [5, 5.41) is 10.4. The number of aromatic nitrogens is 1. The Morgan fingerprint density at radius 2 is 2.04 bits per heavy atom. The van der Waals surface area contributed by atoms with Crippen molar-refractivity contribution in [1.82, 2.24) is 5.16 Å². The van der Waals surface area contributed by atoms with Crippen LogP contribution in [-0.2, 0) is 20.2 Å². The second-order valence-corrected chi connectivity index (χ2v) is 8.11. The summed E-state index contributed by atoms with van der Waals surface area (Å²) in [7, 11) is -4.24. The topological polar surface area (TPSA) is 128 Å². The molecule has 3 N–H and O–H groups in total. The number of amides is 1. The van der Waals surface area contributed by atoms with Crippen molar-refractivity contribution in [3.63, 3.8) is 0 Å². The van der Waals surface area contributed by atoms with Crippen LogP contribution in [-0.4, -0.2) is 31.1 Å². The Labute approximate surface area is 158 Å². The molecule has 2 heterocycles. The molecule has 0 saturated heterocycles. The van der Waals surface area contributed by atoms with Gasteiger partial charge in [0.25, 0.3) is 0 Å². The number of nitrogens with zero attached hydrogens (tertiary/aromatic N) is 2. The number of benzene rings is 1.